The number of benzene rings is 1. The standard InChI is InChI=1S/C23H24ClN5OS/c1-23(2)26-29(21(30)14-7-8-14)20-13-27-18(15-5-3-4-6-17(15)24)11-25-12-19(27)16-9-10-31-22(16)28(20)23/h3-6,9-12,14,20,25-26H,7-8,13H2,1-2H3. The van der Waals surface area contributed by atoms with Crippen LogP contribution in [0, 0.1) is 5.92 Å². The first-order valence-electron chi connectivity index (χ1n) is 10.6. The smallest absolute Gasteiger partial charge is 0.241 e. The average Bonchev–Trinajstić information content (AvgIpc) is 3.46. The molecule has 8 heteroatoms. The van der Waals surface area contributed by atoms with Crippen LogP contribution in [-0.2, 0) is 4.79 Å². The van der Waals surface area contributed by atoms with Gasteiger partial charge in [0.15, 0.2) is 0 Å². The Kier molecular flexibility index (Phi) is 4.19. The summed E-state index contributed by atoms with van der Waals surface area (Å²) in [4.78, 5) is 17.9. The second-order valence-corrected chi connectivity index (χ2v) is 10.3. The van der Waals surface area contributed by atoms with E-state index in [1.54, 1.807) is 11.3 Å². The lowest BCUT2D eigenvalue weighted by Crippen LogP contribution is -2.50. The fraction of sp³-hybridized carbons (Fsp3) is 0.348. The van der Waals surface area contributed by atoms with Crippen molar-refractivity contribution in [3.05, 3.63) is 64.3 Å². The van der Waals surface area contributed by atoms with Gasteiger partial charge in [0, 0.05) is 34.5 Å². The van der Waals surface area contributed by atoms with Crippen LogP contribution in [-0.4, -0.2) is 34.2 Å². The number of nitrogens with zero attached hydrogens (tertiary/aromatic N) is 3. The summed E-state index contributed by atoms with van der Waals surface area (Å²) < 4.78 is 0. The number of nitrogens with one attached hydrogen (secondary N) is 2. The van der Waals surface area contributed by atoms with Gasteiger partial charge in [0.05, 0.1) is 17.9 Å². The van der Waals surface area contributed by atoms with Gasteiger partial charge < -0.3 is 15.1 Å². The molecule has 2 fully saturated rings. The number of fused-ring (bicyclic) bond motifs is 5. The molecule has 2 aromatic rings. The number of hydrazine groups is 1. The Balaban J connectivity index is 1.49. The minimum absolute atomic E-state index is 0.129. The third kappa shape index (κ3) is 2.91. The van der Waals surface area contributed by atoms with Gasteiger partial charge in [-0.2, -0.15) is 0 Å². The zero-order valence-corrected chi connectivity index (χ0v) is 19.0. The molecule has 1 saturated carbocycles. The van der Waals surface area contributed by atoms with E-state index in [-0.39, 0.29) is 23.7 Å². The summed E-state index contributed by atoms with van der Waals surface area (Å²) in [5.41, 5.74) is 7.37. The molecule has 0 bridgehead atoms. The van der Waals surface area contributed by atoms with Crippen LogP contribution in [0.4, 0.5) is 5.00 Å². The van der Waals surface area contributed by atoms with Crippen LogP contribution in [0.25, 0.3) is 11.4 Å². The van der Waals surface area contributed by atoms with Gasteiger partial charge in [-0.1, -0.05) is 29.8 Å². The molecule has 4 heterocycles. The van der Waals surface area contributed by atoms with E-state index < -0.39 is 0 Å². The molecule has 4 aliphatic rings. The minimum atomic E-state index is -0.383. The molecule has 160 valence electrons. The van der Waals surface area contributed by atoms with Gasteiger partial charge in [-0.05, 0) is 44.2 Å². The van der Waals surface area contributed by atoms with Gasteiger partial charge in [-0.15, -0.1) is 11.3 Å². The number of thiophene rings is 1. The lowest BCUT2D eigenvalue weighted by Gasteiger charge is -2.36. The fourth-order valence-corrected chi connectivity index (χ4v) is 6.16. The molecular weight excluding hydrogens is 430 g/mol. The Morgan fingerprint density at radius 3 is 2.61 bits per heavy atom. The van der Waals surface area contributed by atoms with Gasteiger partial charge in [-0.3, -0.25) is 9.80 Å². The summed E-state index contributed by atoms with van der Waals surface area (Å²) in [6.45, 7) is 4.93. The number of carbonyl (C=O) groups is 1. The number of hydrogen-bond donors (Lipinski definition) is 2. The van der Waals surface area contributed by atoms with Crippen LogP contribution in [0.3, 0.4) is 0 Å². The third-order valence-corrected chi connectivity index (χ3v) is 7.65. The SMILES string of the molecule is CC1(C)NN(C(=O)C2CC2)C2CN3C(c4ccccc4Cl)=CNC=C3c3ccsc3N21. The van der Waals surface area contributed by atoms with Crippen LogP contribution in [0.5, 0.6) is 0 Å². The predicted molar refractivity (Wildman–Crippen MR) is 125 cm³/mol. The molecule has 6 nitrogen and oxygen atoms in total. The molecule has 6 rings (SSSR count). The van der Waals surface area contributed by atoms with E-state index in [9.17, 15) is 4.79 Å². The van der Waals surface area contributed by atoms with Crippen LogP contribution >= 0.6 is 22.9 Å². The molecule has 1 unspecified atom stereocenters. The minimum Gasteiger partial charge on any atom is -0.364 e. The molecule has 1 aliphatic carbocycles. The van der Waals surface area contributed by atoms with Crippen molar-refractivity contribution < 1.29 is 4.79 Å². The van der Waals surface area contributed by atoms with Crippen molar-refractivity contribution in [2.45, 2.75) is 38.5 Å². The maximum atomic E-state index is 13.2. The molecule has 1 aromatic heterocycles. The Morgan fingerprint density at radius 2 is 1.87 bits per heavy atom. The van der Waals surface area contributed by atoms with Crippen molar-refractivity contribution in [2.75, 3.05) is 11.4 Å². The molecule has 1 saturated heterocycles. The number of amides is 1. The molecule has 1 atom stereocenters. The highest BCUT2D eigenvalue weighted by molar-refractivity contribution is 7.14. The van der Waals surface area contributed by atoms with Crippen molar-refractivity contribution in [3.8, 4) is 0 Å². The molecule has 2 N–H and O–H groups in total. The highest BCUT2D eigenvalue weighted by Gasteiger charge is 2.52. The number of carbonyl (C=O) groups excluding carboxylic acids is 1. The molecule has 0 radical (unpaired) electrons. The van der Waals surface area contributed by atoms with Crippen molar-refractivity contribution in [1.82, 2.24) is 20.7 Å². The van der Waals surface area contributed by atoms with Crippen molar-refractivity contribution in [3.63, 3.8) is 0 Å². The van der Waals surface area contributed by atoms with E-state index in [0.29, 0.717) is 11.6 Å². The maximum Gasteiger partial charge on any atom is 0.241 e. The molecule has 3 aliphatic heterocycles. The van der Waals surface area contributed by atoms with Gasteiger partial charge in [0.25, 0.3) is 0 Å². The van der Waals surface area contributed by atoms with Crippen LogP contribution < -0.4 is 15.6 Å². The number of anilines is 1. The van der Waals surface area contributed by atoms with Crippen LogP contribution in [0.15, 0.2) is 48.1 Å². The van der Waals surface area contributed by atoms with Gasteiger partial charge in [0.2, 0.25) is 5.91 Å². The summed E-state index contributed by atoms with van der Waals surface area (Å²) in [7, 11) is 0. The Morgan fingerprint density at radius 1 is 1.13 bits per heavy atom. The first-order valence-corrected chi connectivity index (χ1v) is 11.9. The van der Waals surface area contributed by atoms with E-state index in [0.717, 1.165) is 35.4 Å². The zero-order valence-electron chi connectivity index (χ0n) is 17.4. The summed E-state index contributed by atoms with van der Waals surface area (Å²) in [6, 6.07) is 10.1. The van der Waals surface area contributed by atoms with Crippen molar-refractivity contribution >= 4 is 45.2 Å². The Hall–Kier alpha value is -2.48. The van der Waals surface area contributed by atoms with Crippen molar-refractivity contribution in [2.24, 2.45) is 5.92 Å². The predicted octanol–water partition coefficient (Wildman–Crippen LogP) is 4.24. The largest absolute Gasteiger partial charge is 0.364 e. The molecule has 31 heavy (non-hydrogen) atoms. The highest BCUT2D eigenvalue weighted by Crippen LogP contribution is 2.48. The maximum absolute atomic E-state index is 13.2. The first-order chi connectivity index (χ1) is 15.0. The third-order valence-electron chi connectivity index (χ3n) is 6.41. The second kappa shape index (κ2) is 6.76. The highest BCUT2D eigenvalue weighted by atomic mass is 35.5. The summed E-state index contributed by atoms with van der Waals surface area (Å²) in [6.07, 6.45) is 5.88. The summed E-state index contributed by atoms with van der Waals surface area (Å²) in [5, 5.41) is 9.22. The molecule has 1 aromatic carbocycles. The van der Waals surface area contributed by atoms with Gasteiger partial charge in [-0.25, -0.2) is 5.43 Å². The first kappa shape index (κ1) is 19.2. The average molecular weight is 454 g/mol. The van der Waals surface area contributed by atoms with E-state index >= 15 is 0 Å². The normalized spacial score (nSPS) is 23.8. The lowest BCUT2D eigenvalue weighted by atomic mass is 10.1. The number of halogens is 1. The van der Waals surface area contributed by atoms with Crippen molar-refractivity contribution in [1.29, 1.82) is 0 Å². The quantitative estimate of drug-likeness (QED) is 0.712. The zero-order chi connectivity index (χ0) is 21.3. The fourth-order valence-electron chi connectivity index (χ4n) is 4.84. The monoisotopic (exact) mass is 453 g/mol. The van der Waals surface area contributed by atoms with Crippen LogP contribution in [0.2, 0.25) is 5.02 Å². The Bertz CT molecular complexity index is 1130. The second-order valence-electron chi connectivity index (χ2n) is 8.96. The van der Waals surface area contributed by atoms with E-state index in [2.05, 4.69) is 45.8 Å². The number of hydrogen-bond acceptors (Lipinski definition) is 6. The summed E-state index contributed by atoms with van der Waals surface area (Å²) >= 11 is 8.31. The molecule has 1 amide bonds. The molecular formula is C23H24ClN5OS. The topological polar surface area (TPSA) is 50.9 Å². The Labute approximate surface area is 190 Å². The van der Waals surface area contributed by atoms with E-state index in [4.69, 9.17) is 11.6 Å². The van der Waals surface area contributed by atoms with Gasteiger partial charge >= 0.3 is 0 Å². The van der Waals surface area contributed by atoms with Crippen LogP contribution in [0.1, 0.15) is 37.8 Å². The van der Waals surface area contributed by atoms with E-state index in [1.165, 1.54) is 5.00 Å². The van der Waals surface area contributed by atoms with E-state index in [1.807, 2.05) is 41.7 Å². The lowest BCUT2D eigenvalue weighted by molar-refractivity contribution is -0.137. The molecule has 0 spiro atoms. The number of rotatable bonds is 2. The van der Waals surface area contributed by atoms with Gasteiger partial charge in [0.1, 0.15) is 16.8 Å². The summed E-state index contributed by atoms with van der Waals surface area (Å²) in [5.74, 6) is 0.343.